The van der Waals surface area contributed by atoms with Crippen molar-refractivity contribution in [1.29, 1.82) is 0 Å². The van der Waals surface area contributed by atoms with Gasteiger partial charge in [0.1, 0.15) is 0 Å². The second-order valence-electron chi connectivity index (χ2n) is 3.96. The fourth-order valence-electron chi connectivity index (χ4n) is 1.59. The Bertz CT molecular complexity index is 580. The highest BCUT2D eigenvalue weighted by Gasteiger charge is 2.10. The van der Waals surface area contributed by atoms with Crippen LogP contribution in [0.2, 0.25) is 0 Å². The molecule has 0 amide bonds. The number of rotatable bonds is 4. The smallest absolute Gasteiger partial charge is 0.274 e. The zero-order valence-electron chi connectivity index (χ0n) is 10.1. The molecule has 0 fully saturated rings. The van der Waals surface area contributed by atoms with E-state index >= 15 is 0 Å². The number of benzene rings is 1. The van der Waals surface area contributed by atoms with Gasteiger partial charge in [-0.15, -0.1) is 11.3 Å². The van der Waals surface area contributed by atoms with Gasteiger partial charge in [0.15, 0.2) is 0 Å². The van der Waals surface area contributed by atoms with Crippen molar-refractivity contribution in [3.63, 3.8) is 0 Å². The Morgan fingerprint density at radius 1 is 1.44 bits per heavy atom. The van der Waals surface area contributed by atoms with E-state index in [1.165, 1.54) is 0 Å². The molecule has 0 unspecified atom stereocenters. The van der Waals surface area contributed by atoms with E-state index in [0.29, 0.717) is 12.1 Å². The van der Waals surface area contributed by atoms with Crippen molar-refractivity contribution in [2.75, 3.05) is 5.32 Å². The molecule has 18 heavy (non-hydrogen) atoms. The van der Waals surface area contributed by atoms with Gasteiger partial charge in [0.05, 0.1) is 16.5 Å². The zero-order valence-corrected chi connectivity index (χ0v) is 11.0. The Balaban J connectivity index is 2.10. The molecule has 0 atom stereocenters. The number of nitro groups is 1. The average molecular weight is 263 g/mol. The molecule has 1 aromatic carbocycles. The minimum atomic E-state index is -0.364. The lowest BCUT2D eigenvalue weighted by atomic mass is 10.2. The molecular formula is C12H13N3O2S. The maximum atomic E-state index is 10.8. The van der Waals surface area contributed by atoms with Gasteiger partial charge in [0.25, 0.3) is 5.69 Å². The largest absolute Gasteiger partial charge is 0.380 e. The van der Waals surface area contributed by atoms with Crippen LogP contribution >= 0.6 is 11.3 Å². The molecule has 2 aromatic rings. The van der Waals surface area contributed by atoms with E-state index in [0.717, 1.165) is 15.6 Å². The number of nitrogens with zero attached hydrogens (tertiary/aromatic N) is 2. The van der Waals surface area contributed by atoms with E-state index in [1.807, 2.05) is 19.2 Å². The molecule has 6 heteroatoms. The second kappa shape index (κ2) is 5.14. The molecule has 2 rings (SSSR count). The van der Waals surface area contributed by atoms with Crippen molar-refractivity contribution in [1.82, 2.24) is 4.98 Å². The molecule has 0 saturated carbocycles. The number of aryl methyl sites for hydroxylation is 2. The van der Waals surface area contributed by atoms with Gasteiger partial charge in [-0.3, -0.25) is 10.1 Å². The zero-order chi connectivity index (χ0) is 13.1. The predicted octanol–water partition coefficient (Wildman–Crippen LogP) is 3.28. The Morgan fingerprint density at radius 3 is 2.83 bits per heavy atom. The molecular weight excluding hydrogens is 250 g/mol. The van der Waals surface area contributed by atoms with E-state index in [4.69, 9.17) is 0 Å². The summed E-state index contributed by atoms with van der Waals surface area (Å²) in [5, 5.41) is 15.0. The third-order valence-corrected chi connectivity index (χ3v) is 3.45. The SMILES string of the molecule is Cc1ncc(CNc2ccc(C)c([N+](=O)[O-])c2)s1. The summed E-state index contributed by atoms with van der Waals surface area (Å²) in [6.07, 6.45) is 1.82. The van der Waals surface area contributed by atoms with E-state index < -0.39 is 0 Å². The molecule has 0 bridgehead atoms. The number of anilines is 1. The molecule has 1 aromatic heterocycles. The average Bonchev–Trinajstić information content (AvgIpc) is 2.74. The highest BCUT2D eigenvalue weighted by Crippen LogP contribution is 2.23. The summed E-state index contributed by atoms with van der Waals surface area (Å²) in [6, 6.07) is 5.15. The number of thiazole rings is 1. The fraction of sp³-hybridized carbons (Fsp3) is 0.250. The first-order chi connectivity index (χ1) is 8.56. The molecule has 5 nitrogen and oxygen atoms in total. The van der Waals surface area contributed by atoms with Crippen molar-refractivity contribution < 1.29 is 4.92 Å². The Morgan fingerprint density at radius 2 is 2.22 bits per heavy atom. The molecule has 1 N–H and O–H groups in total. The lowest BCUT2D eigenvalue weighted by molar-refractivity contribution is -0.385. The molecule has 0 spiro atoms. The first-order valence-corrected chi connectivity index (χ1v) is 6.28. The summed E-state index contributed by atoms with van der Waals surface area (Å²) in [6.45, 7) is 4.31. The monoisotopic (exact) mass is 263 g/mol. The number of nitrogens with one attached hydrogen (secondary N) is 1. The fourth-order valence-corrected chi connectivity index (χ4v) is 2.33. The molecule has 0 aliphatic carbocycles. The van der Waals surface area contributed by atoms with Crippen LogP contribution in [0.5, 0.6) is 0 Å². The van der Waals surface area contributed by atoms with Crippen molar-refractivity contribution in [2.24, 2.45) is 0 Å². The molecule has 0 aliphatic rings. The summed E-state index contributed by atoms with van der Waals surface area (Å²) < 4.78 is 0. The van der Waals surface area contributed by atoms with E-state index in [9.17, 15) is 10.1 Å². The van der Waals surface area contributed by atoms with Crippen LogP contribution in [0, 0.1) is 24.0 Å². The topological polar surface area (TPSA) is 68.1 Å². The van der Waals surface area contributed by atoms with Gasteiger partial charge in [-0.1, -0.05) is 6.07 Å². The molecule has 94 valence electrons. The van der Waals surface area contributed by atoms with Crippen molar-refractivity contribution >= 4 is 22.7 Å². The molecule has 0 radical (unpaired) electrons. The Labute approximate surface area is 109 Å². The standard InChI is InChI=1S/C12H13N3O2S/c1-8-3-4-10(5-12(8)15(16)17)14-7-11-6-13-9(2)18-11/h3-6,14H,7H2,1-2H3. The minimum Gasteiger partial charge on any atom is -0.380 e. The quantitative estimate of drug-likeness (QED) is 0.679. The van der Waals surface area contributed by atoms with Crippen LogP contribution in [-0.2, 0) is 6.54 Å². The summed E-state index contributed by atoms with van der Waals surface area (Å²) in [7, 11) is 0. The predicted molar refractivity (Wildman–Crippen MR) is 72.0 cm³/mol. The minimum absolute atomic E-state index is 0.139. The first-order valence-electron chi connectivity index (χ1n) is 5.46. The van der Waals surface area contributed by atoms with Gasteiger partial charge in [-0.2, -0.15) is 0 Å². The van der Waals surface area contributed by atoms with Crippen molar-refractivity contribution in [2.45, 2.75) is 20.4 Å². The van der Waals surface area contributed by atoms with Crippen LogP contribution in [-0.4, -0.2) is 9.91 Å². The normalized spacial score (nSPS) is 10.3. The van der Waals surface area contributed by atoms with Crippen LogP contribution in [0.3, 0.4) is 0 Å². The van der Waals surface area contributed by atoms with Gasteiger partial charge in [-0.25, -0.2) is 4.98 Å². The van der Waals surface area contributed by atoms with Crippen LogP contribution in [0.15, 0.2) is 24.4 Å². The third-order valence-electron chi connectivity index (χ3n) is 2.54. The van der Waals surface area contributed by atoms with Crippen LogP contribution < -0.4 is 5.32 Å². The van der Waals surface area contributed by atoms with Gasteiger partial charge >= 0.3 is 0 Å². The summed E-state index contributed by atoms with van der Waals surface area (Å²) in [5.74, 6) is 0. The Hall–Kier alpha value is -1.95. The highest BCUT2D eigenvalue weighted by molar-refractivity contribution is 7.11. The van der Waals surface area contributed by atoms with Crippen LogP contribution in [0.1, 0.15) is 15.4 Å². The van der Waals surface area contributed by atoms with Crippen molar-refractivity contribution in [3.05, 3.63) is 50.0 Å². The Kier molecular flexibility index (Phi) is 3.57. The summed E-state index contributed by atoms with van der Waals surface area (Å²) in [4.78, 5) is 15.7. The first kappa shape index (κ1) is 12.5. The maximum Gasteiger partial charge on any atom is 0.274 e. The highest BCUT2D eigenvalue weighted by atomic mass is 32.1. The van der Waals surface area contributed by atoms with Gasteiger partial charge in [0.2, 0.25) is 0 Å². The van der Waals surface area contributed by atoms with Gasteiger partial charge < -0.3 is 5.32 Å². The summed E-state index contributed by atoms with van der Waals surface area (Å²) >= 11 is 1.61. The van der Waals surface area contributed by atoms with Gasteiger partial charge in [-0.05, 0) is 19.9 Å². The maximum absolute atomic E-state index is 10.8. The van der Waals surface area contributed by atoms with Crippen molar-refractivity contribution in [3.8, 4) is 0 Å². The second-order valence-corrected chi connectivity index (χ2v) is 5.28. The van der Waals surface area contributed by atoms with E-state index in [1.54, 1.807) is 30.4 Å². The number of aromatic nitrogens is 1. The number of hydrogen-bond donors (Lipinski definition) is 1. The lowest BCUT2D eigenvalue weighted by Crippen LogP contribution is -1.99. The summed E-state index contributed by atoms with van der Waals surface area (Å²) in [5.41, 5.74) is 1.55. The van der Waals surface area contributed by atoms with E-state index in [2.05, 4.69) is 10.3 Å². The third kappa shape index (κ3) is 2.84. The van der Waals surface area contributed by atoms with Crippen LogP contribution in [0.25, 0.3) is 0 Å². The van der Waals surface area contributed by atoms with E-state index in [-0.39, 0.29) is 10.6 Å². The number of nitro benzene ring substituents is 1. The number of hydrogen-bond acceptors (Lipinski definition) is 5. The molecule has 0 aliphatic heterocycles. The van der Waals surface area contributed by atoms with Crippen LogP contribution in [0.4, 0.5) is 11.4 Å². The molecule has 1 heterocycles. The molecule has 0 saturated heterocycles. The lowest BCUT2D eigenvalue weighted by Gasteiger charge is -2.05. The van der Waals surface area contributed by atoms with Gasteiger partial charge in [0, 0.05) is 28.4 Å².